The van der Waals surface area contributed by atoms with E-state index in [1.165, 1.54) is 30.1 Å². The van der Waals surface area contributed by atoms with Gasteiger partial charge in [0, 0.05) is 18.0 Å². The highest BCUT2D eigenvalue weighted by Gasteiger charge is 2.28. The highest BCUT2D eigenvalue weighted by Crippen LogP contribution is 2.24. The van der Waals surface area contributed by atoms with E-state index in [-0.39, 0.29) is 5.56 Å². The van der Waals surface area contributed by atoms with Gasteiger partial charge in [0.05, 0.1) is 11.3 Å². The quantitative estimate of drug-likeness (QED) is 0.574. The first-order chi connectivity index (χ1) is 12.2. The Hall–Kier alpha value is -2.56. The predicted molar refractivity (Wildman–Crippen MR) is 84.4 cm³/mol. The van der Waals surface area contributed by atoms with Gasteiger partial charge in [-0.1, -0.05) is 16.9 Å². The van der Waals surface area contributed by atoms with Crippen LogP contribution in [0.1, 0.15) is 21.8 Å². The van der Waals surface area contributed by atoms with Crippen LogP contribution in [0.15, 0.2) is 33.9 Å². The lowest BCUT2D eigenvalue weighted by Crippen LogP contribution is -2.36. The number of aromatic nitrogens is 2. The Bertz CT molecular complexity index is 779. The van der Waals surface area contributed by atoms with E-state index in [0.29, 0.717) is 22.2 Å². The molecule has 2 aromatic heterocycles. The van der Waals surface area contributed by atoms with Crippen molar-refractivity contribution in [2.45, 2.75) is 23.9 Å². The minimum Gasteiger partial charge on any atom is -0.452 e. The Morgan fingerprint density at radius 1 is 1.38 bits per heavy atom. The van der Waals surface area contributed by atoms with Gasteiger partial charge in [-0.15, -0.1) is 0 Å². The van der Waals surface area contributed by atoms with Gasteiger partial charge in [0.25, 0.3) is 5.91 Å². The molecule has 0 saturated carbocycles. The molecule has 0 aliphatic rings. The molecule has 0 radical (unpaired) electrons. The Kier molecular flexibility index (Phi) is 6.61. The number of amides is 1. The molecule has 0 saturated heterocycles. The number of aryl methyl sites for hydroxylation is 1. The van der Waals surface area contributed by atoms with E-state index in [0.717, 1.165) is 0 Å². The Morgan fingerprint density at radius 2 is 2.15 bits per heavy atom. The monoisotopic (exact) mass is 389 g/mol. The zero-order chi connectivity index (χ0) is 19.2. The SMILES string of the molecule is Cc1cc(CSc2ncccc2C(=O)OCC(=O)NCC(F)(F)F)no1. The van der Waals surface area contributed by atoms with Gasteiger partial charge in [-0.05, 0) is 19.1 Å². The highest BCUT2D eigenvalue weighted by molar-refractivity contribution is 7.98. The van der Waals surface area contributed by atoms with Crippen molar-refractivity contribution in [1.29, 1.82) is 0 Å². The summed E-state index contributed by atoms with van der Waals surface area (Å²) < 4.78 is 45.7. The Balaban J connectivity index is 1.91. The zero-order valence-corrected chi connectivity index (χ0v) is 14.3. The maximum Gasteiger partial charge on any atom is 0.405 e. The molecular formula is C15H14F3N3O4S. The molecule has 140 valence electrons. The van der Waals surface area contributed by atoms with Gasteiger partial charge in [0.1, 0.15) is 17.3 Å². The number of halogens is 3. The number of nitrogens with one attached hydrogen (secondary N) is 1. The van der Waals surface area contributed by atoms with E-state index in [1.807, 2.05) is 0 Å². The largest absolute Gasteiger partial charge is 0.452 e. The molecule has 26 heavy (non-hydrogen) atoms. The minimum atomic E-state index is -4.54. The van der Waals surface area contributed by atoms with Gasteiger partial charge in [-0.2, -0.15) is 13.2 Å². The maximum atomic E-state index is 12.1. The zero-order valence-electron chi connectivity index (χ0n) is 13.5. The lowest BCUT2D eigenvalue weighted by atomic mass is 10.3. The number of carbonyl (C=O) groups is 2. The molecule has 0 atom stereocenters. The summed E-state index contributed by atoms with van der Waals surface area (Å²) >= 11 is 1.21. The van der Waals surface area contributed by atoms with Crippen LogP contribution in [0.25, 0.3) is 0 Å². The van der Waals surface area contributed by atoms with E-state index in [1.54, 1.807) is 18.3 Å². The molecule has 2 rings (SSSR count). The van der Waals surface area contributed by atoms with E-state index < -0.39 is 31.2 Å². The van der Waals surface area contributed by atoms with Crippen molar-refractivity contribution in [3.05, 3.63) is 41.4 Å². The fraction of sp³-hybridized carbons (Fsp3) is 0.333. The van der Waals surface area contributed by atoms with Crippen LogP contribution in [0.5, 0.6) is 0 Å². The summed E-state index contributed by atoms with van der Waals surface area (Å²) in [6.07, 6.45) is -3.06. The number of hydrogen-bond donors (Lipinski definition) is 1. The first kappa shape index (κ1) is 19.8. The topological polar surface area (TPSA) is 94.3 Å². The second kappa shape index (κ2) is 8.70. The average Bonchev–Trinajstić information content (AvgIpc) is 3.01. The minimum absolute atomic E-state index is 0.0985. The Morgan fingerprint density at radius 3 is 2.81 bits per heavy atom. The van der Waals surface area contributed by atoms with E-state index in [4.69, 9.17) is 9.26 Å². The molecule has 0 bridgehead atoms. The van der Waals surface area contributed by atoms with Gasteiger partial charge in [0.2, 0.25) is 0 Å². The molecule has 0 aliphatic heterocycles. The van der Waals surface area contributed by atoms with Gasteiger partial charge in [0.15, 0.2) is 6.61 Å². The summed E-state index contributed by atoms with van der Waals surface area (Å²) in [7, 11) is 0. The van der Waals surface area contributed by atoms with Crippen LogP contribution >= 0.6 is 11.8 Å². The molecule has 0 aromatic carbocycles. The normalized spacial score (nSPS) is 11.2. The van der Waals surface area contributed by atoms with Crippen LogP contribution in [-0.4, -0.2) is 41.3 Å². The summed E-state index contributed by atoms with van der Waals surface area (Å²) in [5.74, 6) is -0.877. The van der Waals surface area contributed by atoms with E-state index >= 15 is 0 Å². The lowest BCUT2D eigenvalue weighted by molar-refractivity contribution is -0.140. The van der Waals surface area contributed by atoms with Crippen molar-refractivity contribution >= 4 is 23.6 Å². The summed E-state index contributed by atoms with van der Waals surface area (Å²) in [5.41, 5.74) is 0.755. The number of pyridine rings is 1. The number of rotatable bonds is 7. The third-order valence-electron chi connectivity index (χ3n) is 2.84. The molecule has 7 nitrogen and oxygen atoms in total. The number of thioether (sulfide) groups is 1. The first-order valence-electron chi connectivity index (χ1n) is 7.25. The summed E-state index contributed by atoms with van der Waals surface area (Å²) in [4.78, 5) is 27.4. The molecule has 11 heteroatoms. The third-order valence-corrected chi connectivity index (χ3v) is 3.88. The molecule has 0 unspecified atom stereocenters. The van der Waals surface area contributed by atoms with Crippen LogP contribution in [0.2, 0.25) is 0 Å². The smallest absolute Gasteiger partial charge is 0.405 e. The van der Waals surface area contributed by atoms with Gasteiger partial charge < -0.3 is 14.6 Å². The summed E-state index contributed by atoms with van der Waals surface area (Å²) in [6.45, 7) is -0.570. The Labute approximate surface area is 150 Å². The van der Waals surface area contributed by atoms with Crippen molar-refractivity contribution in [2.75, 3.05) is 13.2 Å². The number of nitrogens with zero attached hydrogens (tertiary/aromatic N) is 2. The summed E-state index contributed by atoms with van der Waals surface area (Å²) in [6, 6.07) is 4.68. The van der Waals surface area contributed by atoms with Crippen molar-refractivity contribution in [3.8, 4) is 0 Å². The lowest BCUT2D eigenvalue weighted by Gasteiger charge is -2.10. The van der Waals surface area contributed by atoms with Crippen LogP contribution in [0.4, 0.5) is 13.2 Å². The molecule has 1 amide bonds. The number of esters is 1. The van der Waals surface area contributed by atoms with Gasteiger partial charge in [-0.25, -0.2) is 9.78 Å². The second-order valence-electron chi connectivity index (χ2n) is 5.04. The first-order valence-corrected chi connectivity index (χ1v) is 8.24. The molecule has 1 N–H and O–H groups in total. The van der Waals surface area contributed by atoms with Crippen LogP contribution in [0.3, 0.4) is 0 Å². The van der Waals surface area contributed by atoms with Gasteiger partial charge in [-0.3, -0.25) is 4.79 Å². The second-order valence-corrected chi connectivity index (χ2v) is 6.01. The molecule has 0 spiro atoms. The van der Waals surface area contributed by atoms with Crippen LogP contribution in [0, 0.1) is 6.92 Å². The van der Waals surface area contributed by atoms with Crippen LogP contribution < -0.4 is 5.32 Å². The van der Waals surface area contributed by atoms with Crippen molar-refractivity contribution in [1.82, 2.24) is 15.5 Å². The third kappa shape index (κ3) is 6.39. The molecule has 2 heterocycles. The highest BCUT2D eigenvalue weighted by atomic mass is 32.2. The number of ether oxygens (including phenoxy) is 1. The summed E-state index contributed by atoms with van der Waals surface area (Å²) in [5, 5.41) is 5.77. The maximum absolute atomic E-state index is 12.1. The van der Waals surface area contributed by atoms with Crippen molar-refractivity contribution < 1.29 is 32.0 Å². The van der Waals surface area contributed by atoms with Gasteiger partial charge >= 0.3 is 12.1 Å². The van der Waals surface area contributed by atoms with Crippen molar-refractivity contribution in [3.63, 3.8) is 0 Å². The molecule has 0 aliphatic carbocycles. The standard InChI is InChI=1S/C15H14F3N3O4S/c1-9-5-10(21-25-9)7-26-13-11(3-2-4-19-13)14(23)24-6-12(22)20-8-15(16,17)18/h2-5H,6-8H2,1H3,(H,20,22). The number of carbonyl (C=O) groups excluding carboxylic acids is 2. The van der Waals surface area contributed by atoms with Crippen LogP contribution in [-0.2, 0) is 15.3 Å². The molecule has 2 aromatic rings. The van der Waals surface area contributed by atoms with Crippen molar-refractivity contribution in [2.24, 2.45) is 0 Å². The van der Waals surface area contributed by atoms with E-state index in [2.05, 4.69) is 10.1 Å². The number of alkyl halides is 3. The fourth-order valence-electron chi connectivity index (χ4n) is 1.75. The average molecular weight is 389 g/mol. The molecule has 0 fully saturated rings. The predicted octanol–water partition coefficient (Wildman–Crippen LogP) is 2.51. The number of hydrogen-bond acceptors (Lipinski definition) is 7. The fourth-order valence-corrected chi connectivity index (χ4v) is 2.61. The molecular weight excluding hydrogens is 375 g/mol. The van der Waals surface area contributed by atoms with E-state index in [9.17, 15) is 22.8 Å².